The number of nitrogens with zero attached hydrogens (tertiary/aromatic N) is 4. The predicted octanol–water partition coefficient (Wildman–Crippen LogP) is 15.3. The lowest BCUT2D eigenvalue weighted by molar-refractivity contribution is -0.152. The van der Waals surface area contributed by atoms with Crippen LogP contribution >= 0.6 is 11.3 Å². The van der Waals surface area contributed by atoms with Crippen LogP contribution in [0.15, 0.2) is 90.2 Å². The van der Waals surface area contributed by atoms with Gasteiger partial charge in [0.25, 0.3) is 0 Å². The normalized spacial score (nSPS) is 23.7. The van der Waals surface area contributed by atoms with Gasteiger partial charge < -0.3 is 28.4 Å². The molecule has 83 heavy (non-hydrogen) atoms. The third-order valence-corrected chi connectivity index (χ3v) is 18.8. The fourth-order valence-electron chi connectivity index (χ4n) is 12.8. The molecule has 0 amide bonds. The van der Waals surface area contributed by atoms with Crippen LogP contribution in [0.1, 0.15) is 155 Å². The van der Waals surface area contributed by atoms with Crippen molar-refractivity contribution in [2.75, 3.05) is 44.6 Å². The molecule has 13 nitrogen and oxygen atoms in total. The lowest BCUT2D eigenvalue weighted by atomic mass is 9.69. The molecule has 452 valence electrons. The molecule has 4 aliphatic rings. The van der Waals surface area contributed by atoms with Crippen molar-refractivity contribution in [1.29, 1.82) is 0 Å². The molecular weight excluding hydrogens is 1080 g/mol. The standard InChI is InChI=1S/C66H87F3N4O9S/c1-42(2)32-34-73(65-72-57-13-10-33-70-62(57)83-65)71-40-52-39-60(82-59(31-30-58(74)43(3)4)51-20-18-48(19-21-51)50-24-28-53(29-25-50)77-35-37-79-63(75)44(5)6)55-11-8-9-12-56(55)61(52)81-41-46-14-16-47(17-15-46)49-22-26-54(27-23-49)78-36-38-80-64(76)45(7)66(67,68)69/h8-13,33,39-40,42,46-51,53-54,59H,3,5,7,14-32,34-38,41H2,1-2,4,6H3/b71-40+. The number of halogens is 3. The number of rotatable bonds is 28. The minimum Gasteiger partial charge on any atom is -0.492 e. The quantitative estimate of drug-likeness (QED) is 0.0175. The Morgan fingerprint density at radius 3 is 1.88 bits per heavy atom. The van der Waals surface area contributed by atoms with E-state index in [4.69, 9.17) is 38.5 Å². The van der Waals surface area contributed by atoms with Gasteiger partial charge >= 0.3 is 18.1 Å². The summed E-state index contributed by atoms with van der Waals surface area (Å²) in [5, 5.41) is 9.86. The maximum Gasteiger partial charge on any atom is 0.422 e. The van der Waals surface area contributed by atoms with Crippen LogP contribution in [-0.2, 0) is 33.3 Å². The molecule has 2 aromatic carbocycles. The number of thiazole rings is 1. The van der Waals surface area contributed by atoms with E-state index in [9.17, 15) is 27.6 Å². The van der Waals surface area contributed by atoms with Crippen LogP contribution in [0.3, 0.4) is 0 Å². The van der Waals surface area contributed by atoms with Gasteiger partial charge in [-0.1, -0.05) is 69.2 Å². The number of carbonyl (C=O) groups excluding carboxylic acids is 3. The van der Waals surface area contributed by atoms with Gasteiger partial charge in [-0.2, -0.15) is 18.3 Å². The second-order valence-electron chi connectivity index (χ2n) is 24.2. The van der Waals surface area contributed by atoms with Crippen molar-refractivity contribution in [3.05, 3.63) is 90.7 Å². The molecule has 2 aromatic heterocycles. The van der Waals surface area contributed by atoms with Gasteiger partial charge in [0.2, 0.25) is 5.13 Å². The average molecular weight is 1170 g/mol. The first-order valence-electron chi connectivity index (χ1n) is 30.5. The largest absolute Gasteiger partial charge is 0.492 e. The Hall–Kier alpha value is -5.65. The molecule has 4 saturated carbocycles. The molecule has 2 heterocycles. The SMILES string of the molecule is C=C(C)C(=O)CCC(Oc1cc(/C=N/N(CCC(C)C)c2nc3cccnc3s2)c(OCC2CCC(C3CCC(OCCOC(=O)C(=C)C(F)(F)F)CC3)CC2)c2ccccc12)C1CCC(C2CCC(OCCOC(=O)C(=C)C)CC2)CC1. The van der Waals surface area contributed by atoms with Crippen molar-refractivity contribution < 1.29 is 56.0 Å². The predicted molar refractivity (Wildman–Crippen MR) is 321 cm³/mol. The molecule has 8 rings (SSSR count). The summed E-state index contributed by atoms with van der Waals surface area (Å²) < 4.78 is 74.9. The molecule has 0 saturated heterocycles. The summed E-state index contributed by atoms with van der Waals surface area (Å²) in [6.07, 6.45) is 17.3. The number of fused-ring (bicyclic) bond motifs is 2. The Labute approximate surface area is 492 Å². The smallest absolute Gasteiger partial charge is 0.422 e. The van der Waals surface area contributed by atoms with Gasteiger partial charge in [-0.3, -0.25) is 4.79 Å². The average Bonchev–Trinajstić information content (AvgIpc) is 4.07. The lowest BCUT2D eigenvalue weighted by Crippen LogP contribution is -2.34. The number of carbonyl (C=O) groups is 3. The summed E-state index contributed by atoms with van der Waals surface area (Å²) in [6, 6.07) is 14.3. The van der Waals surface area contributed by atoms with Crippen LogP contribution in [0.2, 0.25) is 0 Å². The molecule has 4 aromatic rings. The number of esters is 2. The highest BCUT2D eigenvalue weighted by molar-refractivity contribution is 7.21. The van der Waals surface area contributed by atoms with Gasteiger partial charge in [0, 0.05) is 41.1 Å². The third kappa shape index (κ3) is 18.2. The van der Waals surface area contributed by atoms with Crippen LogP contribution in [-0.4, -0.2) is 98.0 Å². The number of hydrogen-bond donors (Lipinski definition) is 0. The van der Waals surface area contributed by atoms with E-state index in [2.05, 4.69) is 56.8 Å². The van der Waals surface area contributed by atoms with Crippen molar-refractivity contribution in [2.45, 2.75) is 174 Å². The molecular formula is C66H87F3N4O9S. The van der Waals surface area contributed by atoms with E-state index in [-0.39, 0.29) is 55.8 Å². The molecule has 1 unspecified atom stereocenters. The van der Waals surface area contributed by atoms with Crippen molar-refractivity contribution in [2.24, 2.45) is 46.5 Å². The fraction of sp³-hybridized carbons (Fsp3) is 0.606. The van der Waals surface area contributed by atoms with Gasteiger partial charge in [0.15, 0.2) is 5.78 Å². The maximum absolute atomic E-state index is 13.3. The zero-order valence-corrected chi connectivity index (χ0v) is 50.1. The number of ketones is 1. The molecule has 4 aliphatic carbocycles. The van der Waals surface area contributed by atoms with Crippen molar-refractivity contribution in [3.63, 3.8) is 0 Å². The lowest BCUT2D eigenvalue weighted by Gasteiger charge is -2.39. The summed E-state index contributed by atoms with van der Waals surface area (Å²) >= 11 is 1.52. The number of benzene rings is 2. The van der Waals surface area contributed by atoms with E-state index in [1.165, 1.54) is 11.3 Å². The second kappa shape index (κ2) is 30.4. The second-order valence-corrected chi connectivity index (χ2v) is 25.2. The number of pyridine rings is 1. The fourth-order valence-corrected chi connectivity index (χ4v) is 13.7. The first-order chi connectivity index (χ1) is 39.9. The number of aromatic nitrogens is 2. The highest BCUT2D eigenvalue weighted by atomic mass is 32.1. The number of hydrogen-bond acceptors (Lipinski definition) is 14. The minimum atomic E-state index is -4.82. The molecule has 0 aliphatic heterocycles. The maximum atomic E-state index is 13.3. The Morgan fingerprint density at radius 1 is 0.735 bits per heavy atom. The van der Waals surface area contributed by atoms with Crippen LogP contribution in [0.5, 0.6) is 11.5 Å². The number of hydrazone groups is 1. The summed E-state index contributed by atoms with van der Waals surface area (Å²) in [5.41, 5.74) is 1.06. The minimum absolute atomic E-state index is 0.00855. The number of Topliss-reactive ketones (excluding diaryl/α,β-unsaturated/α-hetero) is 1. The van der Waals surface area contributed by atoms with Crippen LogP contribution < -0.4 is 14.5 Å². The Balaban J connectivity index is 0.957. The first kappa shape index (κ1) is 63.4. The highest BCUT2D eigenvalue weighted by Gasteiger charge is 2.39. The molecule has 0 spiro atoms. The zero-order chi connectivity index (χ0) is 59.0. The summed E-state index contributed by atoms with van der Waals surface area (Å²) in [4.78, 5) is 47.2. The van der Waals surface area contributed by atoms with Crippen molar-refractivity contribution in [1.82, 2.24) is 9.97 Å². The van der Waals surface area contributed by atoms with Crippen LogP contribution in [0.25, 0.3) is 21.1 Å². The van der Waals surface area contributed by atoms with Crippen molar-refractivity contribution in [3.8, 4) is 11.5 Å². The Kier molecular flexibility index (Phi) is 23.2. The van der Waals surface area contributed by atoms with Crippen LogP contribution in [0, 0.1) is 41.4 Å². The van der Waals surface area contributed by atoms with Crippen LogP contribution in [0.4, 0.5) is 18.3 Å². The molecule has 0 radical (unpaired) electrons. The van der Waals surface area contributed by atoms with Gasteiger partial charge in [0.1, 0.15) is 46.7 Å². The van der Waals surface area contributed by atoms with E-state index >= 15 is 0 Å². The number of allylic oxidation sites excluding steroid dienone is 1. The van der Waals surface area contributed by atoms with Crippen molar-refractivity contribution >= 4 is 61.5 Å². The first-order valence-corrected chi connectivity index (χ1v) is 31.3. The number of ether oxygens (including phenoxy) is 6. The summed E-state index contributed by atoms with van der Waals surface area (Å²) in [7, 11) is 0. The molecule has 1 atom stereocenters. The van der Waals surface area contributed by atoms with Gasteiger partial charge in [0.05, 0.1) is 38.2 Å². The number of anilines is 1. The molecule has 17 heteroatoms. The zero-order valence-electron chi connectivity index (χ0n) is 49.3. The highest BCUT2D eigenvalue weighted by Crippen LogP contribution is 2.46. The topological polar surface area (TPSA) is 148 Å². The third-order valence-electron chi connectivity index (χ3n) is 17.8. The molecule has 4 fully saturated rings. The monoisotopic (exact) mass is 1170 g/mol. The van der Waals surface area contributed by atoms with Gasteiger partial charge in [-0.05, 0) is 195 Å². The van der Waals surface area contributed by atoms with E-state index < -0.39 is 17.7 Å². The van der Waals surface area contributed by atoms with Gasteiger partial charge in [-0.25, -0.2) is 24.6 Å². The number of alkyl halides is 3. The molecule has 0 N–H and O–H groups in total. The van der Waals surface area contributed by atoms with E-state index in [0.29, 0.717) is 79.3 Å². The van der Waals surface area contributed by atoms with E-state index in [1.807, 2.05) is 35.5 Å². The summed E-state index contributed by atoms with van der Waals surface area (Å²) in [6.45, 7) is 19.9. The van der Waals surface area contributed by atoms with Gasteiger partial charge in [-0.15, -0.1) is 0 Å². The molecule has 0 bridgehead atoms. The Bertz CT molecular complexity index is 2820. The van der Waals surface area contributed by atoms with E-state index in [1.54, 1.807) is 20.0 Å². The van der Waals surface area contributed by atoms with E-state index in [0.717, 1.165) is 152 Å². The summed E-state index contributed by atoms with van der Waals surface area (Å²) in [5.74, 6) is 3.21. The Morgan fingerprint density at radius 2 is 1.31 bits per heavy atom.